The largest absolute Gasteiger partial charge is 0.497 e. The molecule has 1 aromatic carbocycles. The van der Waals surface area contributed by atoms with Gasteiger partial charge in [0.1, 0.15) is 18.2 Å². The Morgan fingerprint density at radius 2 is 2.30 bits per heavy atom. The van der Waals surface area contributed by atoms with Gasteiger partial charge in [0.15, 0.2) is 5.70 Å². The van der Waals surface area contributed by atoms with Crippen molar-refractivity contribution >= 4 is 23.1 Å². The molecule has 0 saturated heterocycles. The Morgan fingerprint density at radius 1 is 1.45 bits per heavy atom. The van der Waals surface area contributed by atoms with E-state index < -0.39 is 0 Å². The number of nitrogens with zero attached hydrogens (tertiary/aromatic N) is 1. The smallest absolute Gasteiger partial charge is 0.357 e. The summed E-state index contributed by atoms with van der Waals surface area (Å²) < 4.78 is 10.4. The number of carbonyl (C=O) groups is 1. The van der Waals surface area contributed by atoms with E-state index in [-0.39, 0.29) is 12.6 Å². The first-order valence-electron chi connectivity index (χ1n) is 6.66. The third kappa shape index (κ3) is 2.05. The normalized spacial score (nSPS) is 16.7. The molecule has 2 aliphatic heterocycles. The summed E-state index contributed by atoms with van der Waals surface area (Å²) in [5.74, 6) is 1.20. The number of carbonyl (C=O) groups excluding carboxylic acids is 1. The maximum atomic E-state index is 11.8. The number of fused-ring (bicyclic) bond motifs is 2. The molecule has 0 radical (unpaired) electrons. The van der Waals surface area contributed by atoms with Crippen LogP contribution in [0.5, 0.6) is 5.75 Å². The highest BCUT2D eigenvalue weighted by Crippen LogP contribution is 2.36. The summed E-state index contributed by atoms with van der Waals surface area (Å²) in [6, 6.07) is 5.72. The fourth-order valence-electron chi connectivity index (χ4n) is 2.41. The number of aliphatic imine (C=N–C) groups is 1. The van der Waals surface area contributed by atoms with E-state index in [2.05, 4.69) is 17.2 Å². The summed E-state index contributed by atoms with van der Waals surface area (Å²) in [5.41, 5.74) is 3.11. The molecule has 0 saturated carbocycles. The van der Waals surface area contributed by atoms with Crippen molar-refractivity contribution in [2.45, 2.75) is 19.8 Å². The maximum absolute atomic E-state index is 11.8. The Morgan fingerprint density at radius 3 is 3.05 bits per heavy atom. The fourth-order valence-corrected chi connectivity index (χ4v) is 2.41. The van der Waals surface area contributed by atoms with Gasteiger partial charge < -0.3 is 14.8 Å². The van der Waals surface area contributed by atoms with Crippen LogP contribution >= 0.6 is 0 Å². The van der Waals surface area contributed by atoms with Crippen molar-refractivity contribution in [3.05, 3.63) is 29.5 Å². The third-order valence-electron chi connectivity index (χ3n) is 3.39. The van der Waals surface area contributed by atoms with Gasteiger partial charge in [-0.3, -0.25) is 0 Å². The minimum absolute atomic E-state index is 0.276. The molecule has 20 heavy (non-hydrogen) atoms. The van der Waals surface area contributed by atoms with Crippen LogP contribution in [0.4, 0.5) is 5.69 Å². The van der Waals surface area contributed by atoms with Crippen LogP contribution in [-0.4, -0.2) is 25.5 Å². The molecule has 0 amide bonds. The lowest BCUT2D eigenvalue weighted by atomic mass is 10.0. The molecule has 0 bridgehead atoms. The number of esters is 1. The number of ether oxygens (including phenoxy) is 2. The number of hydrogen-bond acceptors (Lipinski definition) is 5. The topological polar surface area (TPSA) is 59.9 Å². The van der Waals surface area contributed by atoms with Crippen molar-refractivity contribution in [3.8, 4) is 5.75 Å². The molecule has 0 fully saturated rings. The Bertz CT molecular complexity index is 632. The molecule has 104 valence electrons. The van der Waals surface area contributed by atoms with Crippen LogP contribution in [-0.2, 0) is 9.53 Å². The van der Waals surface area contributed by atoms with E-state index >= 15 is 0 Å². The van der Waals surface area contributed by atoms with Crippen molar-refractivity contribution in [2.24, 2.45) is 4.99 Å². The standard InChI is InChI=1S/C15H16N2O3/c1-3-4-13-16-12-7-9(19-2)5-6-10(12)11-8-20-15(18)14(11)17-13/h5-7H,3-4,8H2,1-2H3,(H,16,17). The van der Waals surface area contributed by atoms with Crippen molar-refractivity contribution in [1.29, 1.82) is 0 Å². The average Bonchev–Trinajstić information content (AvgIpc) is 2.72. The second kappa shape index (κ2) is 5.00. The molecular weight excluding hydrogens is 256 g/mol. The van der Waals surface area contributed by atoms with E-state index in [4.69, 9.17) is 9.47 Å². The molecule has 2 aliphatic rings. The van der Waals surface area contributed by atoms with Crippen LogP contribution in [0, 0.1) is 0 Å². The second-order valence-electron chi connectivity index (χ2n) is 4.75. The summed E-state index contributed by atoms with van der Waals surface area (Å²) in [5, 5.41) is 3.30. The Kier molecular flexibility index (Phi) is 3.18. The van der Waals surface area contributed by atoms with Gasteiger partial charge in [-0.15, -0.1) is 0 Å². The number of cyclic esters (lactones) is 1. The minimum Gasteiger partial charge on any atom is -0.497 e. The van der Waals surface area contributed by atoms with Gasteiger partial charge in [-0.05, 0) is 18.6 Å². The van der Waals surface area contributed by atoms with Crippen LogP contribution in [0.3, 0.4) is 0 Å². The molecule has 5 heteroatoms. The highest BCUT2D eigenvalue weighted by Gasteiger charge is 2.30. The number of rotatable bonds is 3. The van der Waals surface area contributed by atoms with Gasteiger partial charge in [-0.2, -0.15) is 0 Å². The van der Waals surface area contributed by atoms with Crippen LogP contribution in [0.1, 0.15) is 25.3 Å². The molecule has 1 aromatic rings. The minimum atomic E-state index is -0.348. The number of amidine groups is 1. The third-order valence-corrected chi connectivity index (χ3v) is 3.39. The first-order valence-corrected chi connectivity index (χ1v) is 6.66. The van der Waals surface area contributed by atoms with Crippen molar-refractivity contribution in [2.75, 3.05) is 19.0 Å². The van der Waals surface area contributed by atoms with E-state index in [1.807, 2.05) is 18.2 Å². The van der Waals surface area contributed by atoms with Gasteiger partial charge in [0, 0.05) is 23.6 Å². The lowest BCUT2D eigenvalue weighted by molar-refractivity contribution is -0.135. The number of benzene rings is 1. The van der Waals surface area contributed by atoms with E-state index in [9.17, 15) is 4.79 Å². The van der Waals surface area contributed by atoms with Gasteiger partial charge >= 0.3 is 5.97 Å². The summed E-state index contributed by atoms with van der Waals surface area (Å²) in [7, 11) is 1.63. The fraction of sp³-hybridized carbons (Fsp3) is 0.333. The van der Waals surface area contributed by atoms with Gasteiger partial charge in [-0.25, -0.2) is 9.79 Å². The predicted molar refractivity (Wildman–Crippen MR) is 76.8 cm³/mol. The van der Waals surface area contributed by atoms with Crippen LogP contribution in [0.15, 0.2) is 28.9 Å². The number of anilines is 1. The highest BCUT2D eigenvalue weighted by atomic mass is 16.5. The molecule has 2 heterocycles. The van der Waals surface area contributed by atoms with Crippen LogP contribution < -0.4 is 10.1 Å². The molecular formula is C15H16N2O3. The van der Waals surface area contributed by atoms with E-state index in [1.54, 1.807) is 7.11 Å². The lowest BCUT2D eigenvalue weighted by Crippen LogP contribution is -2.13. The van der Waals surface area contributed by atoms with Crippen molar-refractivity contribution in [3.63, 3.8) is 0 Å². The summed E-state index contributed by atoms with van der Waals surface area (Å²) in [6.07, 6.45) is 1.73. The molecule has 0 aliphatic carbocycles. The summed E-state index contributed by atoms with van der Waals surface area (Å²) in [6.45, 7) is 2.35. The van der Waals surface area contributed by atoms with Crippen LogP contribution in [0.2, 0.25) is 0 Å². The molecule has 1 N–H and O–H groups in total. The number of methoxy groups -OCH3 is 1. The van der Waals surface area contributed by atoms with E-state index in [0.29, 0.717) is 5.70 Å². The molecule has 0 aromatic heterocycles. The molecule has 0 spiro atoms. The van der Waals surface area contributed by atoms with Gasteiger partial charge in [0.2, 0.25) is 0 Å². The monoisotopic (exact) mass is 272 g/mol. The Balaban J connectivity index is 2.14. The first-order chi connectivity index (χ1) is 9.72. The Hall–Kier alpha value is -2.30. The maximum Gasteiger partial charge on any atom is 0.357 e. The Labute approximate surface area is 117 Å². The summed E-state index contributed by atoms with van der Waals surface area (Å²) >= 11 is 0. The number of hydrogen-bond donors (Lipinski definition) is 1. The number of nitrogens with one attached hydrogen (secondary N) is 1. The van der Waals surface area contributed by atoms with Crippen molar-refractivity contribution < 1.29 is 14.3 Å². The van der Waals surface area contributed by atoms with E-state index in [0.717, 1.165) is 41.3 Å². The zero-order valence-electron chi connectivity index (χ0n) is 11.5. The second-order valence-corrected chi connectivity index (χ2v) is 4.75. The van der Waals surface area contributed by atoms with Gasteiger partial charge in [0.25, 0.3) is 0 Å². The van der Waals surface area contributed by atoms with Crippen LogP contribution in [0.25, 0.3) is 5.57 Å². The quantitative estimate of drug-likeness (QED) is 0.859. The molecule has 3 rings (SSSR count). The van der Waals surface area contributed by atoms with E-state index in [1.165, 1.54) is 0 Å². The molecule has 0 unspecified atom stereocenters. The summed E-state index contributed by atoms with van der Waals surface area (Å²) in [4.78, 5) is 16.3. The SMILES string of the molecule is CCCC1=NC2=C(COC2=O)c2ccc(OC)cc2N1. The zero-order chi connectivity index (χ0) is 14.1. The predicted octanol–water partition coefficient (Wildman–Crippen LogP) is 2.59. The molecule has 0 atom stereocenters. The first kappa shape index (κ1) is 12.7. The highest BCUT2D eigenvalue weighted by molar-refractivity contribution is 6.10. The van der Waals surface area contributed by atoms with Gasteiger partial charge in [0.05, 0.1) is 12.8 Å². The van der Waals surface area contributed by atoms with Crippen molar-refractivity contribution in [1.82, 2.24) is 0 Å². The zero-order valence-corrected chi connectivity index (χ0v) is 11.5. The van der Waals surface area contributed by atoms with Gasteiger partial charge in [-0.1, -0.05) is 6.92 Å². The molecule has 5 nitrogen and oxygen atoms in total. The average molecular weight is 272 g/mol. The lowest BCUT2D eigenvalue weighted by Gasteiger charge is -2.13.